The SMILES string of the molecule is C#CC(=O)NCCNC(=O)CN(CC1CCN(C(C)c2cccc3ccccc23)CC1)S(=O)[O-]. The molecule has 1 fully saturated rings. The summed E-state index contributed by atoms with van der Waals surface area (Å²) in [5, 5.41) is 7.52. The molecule has 2 amide bonds. The summed E-state index contributed by atoms with van der Waals surface area (Å²) in [6.07, 6.45) is 6.68. The topological polar surface area (TPSA) is 105 Å². The van der Waals surface area contributed by atoms with Crippen LogP contribution in [0.1, 0.15) is 31.4 Å². The highest BCUT2D eigenvalue weighted by atomic mass is 32.2. The average Bonchev–Trinajstić information content (AvgIpc) is 2.85. The highest BCUT2D eigenvalue weighted by Gasteiger charge is 2.26. The molecule has 3 rings (SSSR count). The fourth-order valence-corrected chi connectivity index (χ4v) is 5.00. The number of amides is 2. The largest absolute Gasteiger partial charge is 0.760 e. The fourth-order valence-electron chi connectivity index (χ4n) is 4.45. The minimum atomic E-state index is -2.49. The summed E-state index contributed by atoms with van der Waals surface area (Å²) in [5.74, 6) is 1.13. The molecule has 0 saturated carbocycles. The summed E-state index contributed by atoms with van der Waals surface area (Å²) >= 11 is -2.49. The Bertz CT molecular complexity index is 1060. The molecule has 2 N–H and O–H groups in total. The molecule has 0 bridgehead atoms. The van der Waals surface area contributed by atoms with Crippen molar-refractivity contribution in [3.8, 4) is 12.3 Å². The number of likely N-dealkylation sites (tertiary alicyclic amines) is 1. The molecule has 0 radical (unpaired) electrons. The van der Waals surface area contributed by atoms with Crippen molar-refractivity contribution in [1.82, 2.24) is 19.8 Å². The van der Waals surface area contributed by atoms with E-state index in [0.717, 1.165) is 25.9 Å². The third kappa shape index (κ3) is 7.11. The lowest BCUT2D eigenvalue weighted by Gasteiger charge is -2.38. The number of carbonyl (C=O) groups excluding carboxylic acids is 2. The molecule has 2 aromatic carbocycles. The predicted molar refractivity (Wildman–Crippen MR) is 132 cm³/mol. The maximum atomic E-state index is 12.1. The maximum absolute atomic E-state index is 12.1. The van der Waals surface area contributed by atoms with Crippen molar-refractivity contribution in [1.29, 1.82) is 0 Å². The van der Waals surface area contributed by atoms with Gasteiger partial charge >= 0.3 is 0 Å². The van der Waals surface area contributed by atoms with Crippen molar-refractivity contribution < 1.29 is 18.4 Å². The van der Waals surface area contributed by atoms with Crippen LogP contribution in [-0.4, -0.2) is 69.0 Å². The van der Waals surface area contributed by atoms with Gasteiger partial charge in [-0.15, -0.1) is 6.42 Å². The summed E-state index contributed by atoms with van der Waals surface area (Å²) in [6.45, 7) is 4.39. The normalized spacial score (nSPS) is 16.6. The van der Waals surface area contributed by atoms with Gasteiger partial charge in [0.15, 0.2) is 0 Å². The minimum Gasteiger partial charge on any atom is -0.760 e. The third-order valence-electron chi connectivity index (χ3n) is 6.33. The van der Waals surface area contributed by atoms with Gasteiger partial charge in [0, 0.05) is 36.9 Å². The zero-order chi connectivity index (χ0) is 24.5. The van der Waals surface area contributed by atoms with E-state index in [0.29, 0.717) is 6.54 Å². The summed E-state index contributed by atoms with van der Waals surface area (Å²) < 4.78 is 24.6. The van der Waals surface area contributed by atoms with Crippen molar-refractivity contribution in [2.24, 2.45) is 5.92 Å². The van der Waals surface area contributed by atoms with Crippen LogP contribution in [0.4, 0.5) is 0 Å². The molecule has 2 aromatic rings. The van der Waals surface area contributed by atoms with Crippen LogP contribution in [0.25, 0.3) is 10.8 Å². The Hall–Kier alpha value is -2.77. The van der Waals surface area contributed by atoms with Crippen molar-refractivity contribution in [3.05, 3.63) is 48.0 Å². The Morgan fingerprint density at radius 2 is 1.85 bits per heavy atom. The molecule has 182 valence electrons. The summed E-state index contributed by atoms with van der Waals surface area (Å²) in [7, 11) is 0. The Morgan fingerprint density at radius 3 is 2.56 bits per heavy atom. The van der Waals surface area contributed by atoms with Gasteiger partial charge in [-0.05, 0) is 61.0 Å². The number of carbonyl (C=O) groups is 2. The summed E-state index contributed by atoms with van der Waals surface area (Å²) in [4.78, 5) is 25.6. The van der Waals surface area contributed by atoms with E-state index in [2.05, 4.69) is 58.9 Å². The number of fused-ring (bicyclic) bond motifs is 1. The molecule has 1 aliphatic heterocycles. The van der Waals surface area contributed by atoms with E-state index in [1.807, 2.05) is 12.0 Å². The standard InChI is InChI=1S/C25H32N4O4S/c1-3-24(30)26-13-14-27-25(31)18-29(34(32)33)17-20-11-15-28(16-12-20)19(2)22-10-6-8-21-7-4-5-9-23(21)22/h1,4-10,19-20H,11-18H2,2H3,(H,26,30)(H,27,31)(H,32,33)/p-1. The lowest BCUT2D eigenvalue weighted by molar-refractivity contribution is -0.121. The van der Waals surface area contributed by atoms with Crippen LogP contribution in [0, 0.1) is 18.3 Å². The first-order valence-electron chi connectivity index (χ1n) is 11.5. The number of terminal acetylenes is 1. The fraction of sp³-hybridized carbons (Fsp3) is 0.440. The third-order valence-corrected chi connectivity index (χ3v) is 7.03. The lowest BCUT2D eigenvalue weighted by Crippen LogP contribution is -2.44. The Labute approximate surface area is 203 Å². The molecule has 2 atom stereocenters. The molecule has 9 heteroatoms. The average molecular weight is 484 g/mol. The molecule has 1 saturated heterocycles. The first-order chi connectivity index (χ1) is 16.4. The van der Waals surface area contributed by atoms with E-state index in [1.165, 1.54) is 20.6 Å². The van der Waals surface area contributed by atoms with Crippen molar-refractivity contribution in [2.45, 2.75) is 25.8 Å². The predicted octanol–water partition coefficient (Wildman–Crippen LogP) is 1.57. The number of benzene rings is 2. The number of nitrogens with zero attached hydrogens (tertiary/aromatic N) is 2. The maximum Gasteiger partial charge on any atom is 0.295 e. The van der Waals surface area contributed by atoms with Crippen molar-refractivity contribution in [3.63, 3.8) is 0 Å². The second-order valence-electron chi connectivity index (χ2n) is 8.51. The van der Waals surface area contributed by atoms with E-state index in [9.17, 15) is 18.4 Å². The molecule has 0 spiro atoms. The smallest absolute Gasteiger partial charge is 0.295 e. The van der Waals surface area contributed by atoms with Crippen molar-refractivity contribution in [2.75, 3.05) is 39.3 Å². The monoisotopic (exact) mass is 483 g/mol. The first kappa shape index (κ1) is 25.8. The van der Waals surface area contributed by atoms with Gasteiger partial charge in [-0.3, -0.25) is 18.7 Å². The van der Waals surface area contributed by atoms with Gasteiger partial charge in [0.25, 0.3) is 5.91 Å². The van der Waals surface area contributed by atoms with Crippen molar-refractivity contribution >= 4 is 33.9 Å². The zero-order valence-electron chi connectivity index (χ0n) is 19.4. The van der Waals surface area contributed by atoms with E-state index < -0.39 is 23.1 Å². The molecule has 0 aromatic heterocycles. The first-order valence-corrected chi connectivity index (χ1v) is 12.5. The van der Waals surface area contributed by atoms with Crippen LogP contribution in [0.15, 0.2) is 42.5 Å². The molecule has 1 heterocycles. The highest BCUT2D eigenvalue weighted by Crippen LogP contribution is 2.31. The van der Waals surface area contributed by atoms with Crippen LogP contribution in [-0.2, 0) is 20.9 Å². The van der Waals surface area contributed by atoms with Crippen LogP contribution >= 0.6 is 0 Å². The lowest BCUT2D eigenvalue weighted by atomic mass is 9.93. The number of hydrogen-bond donors (Lipinski definition) is 2. The molecular weight excluding hydrogens is 452 g/mol. The van der Waals surface area contributed by atoms with E-state index >= 15 is 0 Å². The van der Waals surface area contributed by atoms with Crippen LogP contribution in [0.2, 0.25) is 0 Å². The van der Waals surface area contributed by atoms with Crippen LogP contribution in [0.5, 0.6) is 0 Å². The Morgan fingerprint density at radius 1 is 1.18 bits per heavy atom. The molecule has 2 unspecified atom stereocenters. The van der Waals surface area contributed by atoms with Gasteiger partial charge in [-0.2, -0.15) is 0 Å². The molecular formula is C25H31N4O4S-. The zero-order valence-corrected chi connectivity index (χ0v) is 20.2. The van der Waals surface area contributed by atoms with E-state index in [1.54, 1.807) is 0 Å². The Balaban J connectivity index is 1.48. The second kappa shape index (κ2) is 12.6. The number of piperidine rings is 1. The summed E-state index contributed by atoms with van der Waals surface area (Å²) in [5.41, 5.74) is 1.30. The van der Waals surface area contributed by atoms with Gasteiger partial charge in [0.2, 0.25) is 5.91 Å². The minimum absolute atomic E-state index is 0.177. The molecule has 1 aliphatic rings. The van der Waals surface area contributed by atoms with E-state index in [4.69, 9.17) is 6.42 Å². The van der Waals surface area contributed by atoms with E-state index in [-0.39, 0.29) is 31.6 Å². The number of hydrogen-bond acceptors (Lipinski definition) is 5. The van der Waals surface area contributed by atoms with Gasteiger partial charge in [-0.25, -0.2) is 4.31 Å². The van der Waals surface area contributed by atoms with Gasteiger partial charge in [0.05, 0.1) is 6.54 Å². The van der Waals surface area contributed by atoms with Gasteiger partial charge in [-0.1, -0.05) is 42.5 Å². The number of nitrogens with one attached hydrogen (secondary N) is 2. The van der Waals surface area contributed by atoms with Gasteiger partial charge < -0.3 is 15.2 Å². The summed E-state index contributed by atoms with van der Waals surface area (Å²) in [6, 6.07) is 15.0. The Kier molecular flexibility index (Phi) is 9.60. The molecule has 8 nitrogen and oxygen atoms in total. The second-order valence-corrected chi connectivity index (χ2v) is 9.46. The highest BCUT2D eigenvalue weighted by molar-refractivity contribution is 7.76. The van der Waals surface area contributed by atoms with Gasteiger partial charge in [0.1, 0.15) is 0 Å². The molecule has 0 aliphatic carbocycles. The quantitative estimate of drug-likeness (QED) is 0.303. The van der Waals surface area contributed by atoms with Crippen LogP contribution < -0.4 is 10.6 Å². The number of rotatable bonds is 10. The molecule has 34 heavy (non-hydrogen) atoms. The van der Waals surface area contributed by atoms with Crippen LogP contribution in [0.3, 0.4) is 0 Å².